The molecule has 1 aliphatic carbocycles. The van der Waals surface area contributed by atoms with E-state index in [0.717, 1.165) is 32.1 Å². The van der Waals surface area contributed by atoms with E-state index in [9.17, 15) is 4.79 Å². The van der Waals surface area contributed by atoms with Gasteiger partial charge in [0.05, 0.1) is 23.5 Å². The molecule has 1 aromatic heterocycles. The summed E-state index contributed by atoms with van der Waals surface area (Å²) in [4.78, 5) is 25.7. The first kappa shape index (κ1) is 18.3. The molecule has 2 unspecified atom stereocenters. The van der Waals surface area contributed by atoms with Crippen molar-refractivity contribution in [1.29, 1.82) is 0 Å². The number of fused-ring (bicyclic) bond motifs is 1. The first-order valence-corrected chi connectivity index (χ1v) is 9.27. The minimum atomic E-state index is -0.181. The van der Waals surface area contributed by atoms with Crippen molar-refractivity contribution in [1.82, 2.24) is 15.3 Å². The van der Waals surface area contributed by atoms with Crippen LogP contribution in [0.3, 0.4) is 0 Å². The lowest BCUT2D eigenvalue weighted by molar-refractivity contribution is 0.0965. The third kappa shape index (κ3) is 3.85. The Kier molecular flexibility index (Phi) is 5.82. The molecule has 1 amide bonds. The molecule has 6 N–H and O–H groups in total. The predicted octanol–water partition coefficient (Wildman–Crippen LogP) is 1.18. The van der Waals surface area contributed by atoms with Gasteiger partial charge < -0.3 is 22.1 Å². The van der Waals surface area contributed by atoms with Gasteiger partial charge in [-0.3, -0.25) is 9.79 Å². The van der Waals surface area contributed by atoms with Crippen LogP contribution in [0.2, 0.25) is 0 Å². The predicted molar refractivity (Wildman–Crippen MR) is 103 cm³/mol. The van der Waals surface area contributed by atoms with Crippen LogP contribution in [-0.4, -0.2) is 40.7 Å². The van der Waals surface area contributed by atoms with Gasteiger partial charge in [0, 0.05) is 36.6 Å². The van der Waals surface area contributed by atoms with Crippen LogP contribution in [0.25, 0.3) is 5.57 Å². The number of carbonyl (C=O) groups is 1. The largest absolute Gasteiger partial charge is 0.404 e. The van der Waals surface area contributed by atoms with Crippen molar-refractivity contribution in [3.63, 3.8) is 0 Å². The topological polar surface area (TPSA) is 131 Å². The van der Waals surface area contributed by atoms with Crippen LogP contribution in [0.1, 0.15) is 60.8 Å². The van der Waals surface area contributed by atoms with E-state index in [0.29, 0.717) is 41.6 Å². The van der Waals surface area contributed by atoms with E-state index in [1.165, 1.54) is 6.20 Å². The number of aromatic nitrogens is 2. The van der Waals surface area contributed by atoms with Gasteiger partial charge in [-0.2, -0.15) is 0 Å². The van der Waals surface area contributed by atoms with Crippen LogP contribution >= 0.6 is 0 Å². The van der Waals surface area contributed by atoms with Crippen LogP contribution in [0.4, 0.5) is 5.95 Å². The molecule has 1 aliphatic heterocycles. The maximum atomic E-state index is 12.2. The lowest BCUT2D eigenvalue weighted by Crippen LogP contribution is -2.43. The summed E-state index contributed by atoms with van der Waals surface area (Å²) in [6, 6.07) is 0.221. The Morgan fingerprint density at radius 3 is 2.92 bits per heavy atom. The van der Waals surface area contributed by atoms with Crippen molar-refractivity contribution in [2.24, 2.45) is 16.5 Å². The van der Waals surface area contributed by atoms with Crippen LogP contribution in [0.5, 0.6) is 0 Å². The van der Waals surface area contributed by atoms with E-state index in [4.69, 9.17) is 11.5 Å². The molecule has 2 heterocycles. The second-order valence-corrected chi connectivity index (χ2v) is 6.76. The number of carbonyl (C=O) groups excluding carboxylic acids is 1. The first-order valence-electron chi connectivity index (χ1n) is 9.27. The summed E-state index contributed by atoms with van der Waals surface area (Å²) in [5.41, 5.74) is 14.3. The SMILES string of the molecule is CCCN=CC(=CN)c1nc(NC2CCCCC2N)nc2c1C(=O)NC2. The van der Waals surface area contributed by atoms with E-state index >= 15 is 0 Å². The van der Waals surface area contributed by atoms with Crippen molar-refractivity contribution >= 4 is 23.6 Å². The second kappa shape index (κ2) is 8.27. The summed E-state index contributed by atoms with van der Waals surface area (Å²) in [5.74, 6) is 0.306. The Balaban J connectivity index is 1.94. The number of amides is 1. The van der Waals surface area contributed by atoms with Crippen molar-refractivity contribution < 1.29 is 4.79 Å². The molecule has 2 aliphatic rings. The number of nitrogens with one attached hydrogen (secondary N) is 2. The highest BCUT2D eigenvalue weighted by atomic mass is 16.1. The summed E-state index contributed by atoms with van der Waals surface area (Å²) in [6.07, 6.45) is 8.32. The van der Waals surface area contributed by atoms with Crippen molar-refractivity contribution in [3.05, 3.63) is 23.2 Å². The highest BCUT2D eigenvalue weighted by Gasteiger charge is 2.29. The molecule has 0 radical (unpaired) electrons. The van der Waals surface area contributed by atoms with Gasteiger partial charge in [0.1, 0.15) is 0 Å². The minimum absolute atomic E-state index is 0.0828. The highest BCUT2D eigenvalue weighted by Crippen LogP contribution is 2.26. The van der Waals surface area contributed by atoms with Gasteiger partial charge in [0.2, 0.25) is 5.95 Å². The molecule has 1 aromatic rings. The summed E-state index contributed by atoms with van der Waals surface area (Å²) in [6.45, 7) is 3.13. The fourth-order valence-electron chi connectivity index (χ4n) is 3.38. The smallest absolute Gasteiger partial charge is 0.255 e. The molecule has 26 heavy (non-hydrogen) atoms. The number of nitrogens with zero attached hydrogens (tertiary/aromatic N) is 3. The molecule has 3 rings (SSSR count). The zero-order chi connectivity index (χ0) is 18.5. The third-order valence-electron chi connectivity index (χ3n) is 4.80. The van der Waals surface area contributed by atoms with Gasteiger partial charge in [0.15, 0.2) is 0 Å². The van der Waals surface area contributed by atoms with E-state index in [1.54, 1.807) is 6.21 Å². The number of aliphatic imine (C=N–C) groups is 1. The van der Waals surface area contributed by atoms with E-state index in [2.05, 4.69) is 32.5 Å². The van der Waals surface area contributed by atoms with E-state index in [1.807, 2.05) is 0 Å². The molecule has 140 valence electrons. The van der Waals surface area contributed by atoms with Crippen molar-refractivity contribution in [2.75, 3.05) is 11.9 Å². The average molecular weight is 357 g/mol. The standard InChI is InChI=1S/C18H27N7O/c1-2-7-21-9-11(8-19)16-15-14(10-22-17(15)26)24-18(25-16)23-13-6-4-3-5-12(13)20/h8-9,12-13H,2-7,10,19-20H2,1H3,(H,22,26)(H,23,24,25). The zero-order valence-corrected chi connectivity index (χ0v) is 15.2. The molecule has 0 spiro atoms. The maximum absolute atomic E-state index is 12.2. The Morgan fingerprint density at radius 1 is 1.38 bits per heavy atom. The molecular formula is C18H27N7O. The number of rotatable bonds is 6. The number of anilines is 1. The van der Waals surface area contributed by atoms with E-state index < -0.39 is 0 Å². The summed E-state index contributed by atoms with van der Waals surface area (Å²) >= 11 is 0. The Morgan fingerprint density at radius 2 is 2.19 bits per heavy atom. The molecule has 8 nitrogen and oxygen atoms in total. The van der Waals surface area contributed by atoms with Crippen LogP contribution in [0, 0.1) is 0 Å². The number of nitrogens with two attached hydrogens (primary N) is 2. The molecule has 2 atom stereocenters. The Labute approximate surface area is 153 Å². The van der Waals surface area contributed by atoms with E-state index in [-0.39, 0.29) is 18.0 Å². The van der Waals surface area contributed by atoms with Gasteiger partial charge in [-0.15, -0.1) is 0 Å². The van der Waals surface area contributed by atoms with Crippen molar-refractivity contribution in [2.45, 2.75) is 57.7 Å². The fraction of sp³-hybridized carbons (Fsp3) is 0.556. The molecule has 0 saturated heterocycles. The number of allylic oxidation sites excluding steroid dienone is 1. The van der Waals surface area contributed by atoms with Crippen LogP contribution in [-0.2, 0) is 6.54 Å². The maximum Gasteiger partial charge on any atom is 0.255 e. The monoisotopic (exact) mass is 357 g/mol. The van der Waals surface area contributed by atoms with Crippen LogP contribution < -0.4 is 22.1 Å². The summed E-state index contributed by atoms with van der Waals surface area (Å²) in [5, 5.41) is 6.17. The van der Waals surface area contributed by atoms with Gasteiger partial charge in [-0.1, -0.05) is 19.8 Å². The lowest BCUT2D eigenvalue weighted by atomic mass is 9.91. The van der Waals surface area contributed by atoms with Gasteiger partial charge in [0.25, 0.3) is 5.91 Å². The molecule has 1 fully saturated rings. The lowest BCUT2D eigenvalue weighted by Gasteiger charge is -2.29. The summed E-state index contributed by atoms with van der Waals surface area (Å²) < 4.78 is 0. The third-order valence-corrected chi connectivity index (χ3v) is 4.80. The van der Waals surface area contributed by atoms with Gasteiger partial charge in [-0.05, 0) is 19.3 Å². The Hall–Kier alpha value is -2.48. The van der Waals surface area contributed by atoms with Gasteiger partial charge in [-0.25, -0.2) is 9.97 Å². The molecule has 0 bridgehead atoms. The normalized spacial score (nSPS) is 23.2. The fourth-order valence-corrected chi connectivity index (χ4v) is 3.38. The molecule has 1 saturated carbocycles. The number of hydrogen-bond donors (Lipinski definition) is 4. The second-order valence-electron chi connectivity index (χ2n) is 6.76. The van der Waals surface area contributed by atoms with Gasteiger partial charge >= 0.3 is 0 Å². The summed E-state index contributed by atoms with van der Waals surface area (Å²) in [7, 11) is 0. The average Bonchev–Trinajstić information content (AvgIpc) is 3.01. The number of hydrogen-bond acceptors (Lipinski definition) is 7. The quantitative estimate of drug-likeness (QED) is 0.565. The molecule has 0 aromatic carbocycles. The highest BCUT2D eigenvalue weighted by molar-refractivity contribution is 6.14. The molecule has 8 heteroatoms. The minimum Gasteiger partial charge on any atom is -0.404 e. The first-order chi connectivity index (χ1) is 12.6. The van der Waals surface area contributed by atoms with Crippen molar-refractivity contribution in [3.8, 4) is 0 Å². The van der Waals surface area contributed by atoms with Crippen LogP contribution in [0.15, 0.2) is 11.2 Å². The zero-order valence-electron chi connectivity index (χ0n) is 15.2. The Bertz CT molecular complexity index is 728. The molecular weight excluding hydrogens is 330 g/mol.